The van der Waals surface area contributed by atoms with Gasteiger partial charge in [0.2, 0.25) is 0 Å². The van der Waals surface area contributed by atoms with E-state index in [-0.39, 0.29) is 0 Å². The molecule has 130 valence electrons. The number of thioether (sulfide) groups is 2. The Bertz CT molecular complexity index is 588. The quantitative estimate of drug-likeness (QED) is 0.598. The van der Waals surface area contributed by atoms with Crippen LogP contribution in [0.15, 0.2) is 24.3 Å². The number of rotatable bonds is 4. The van der Waals surface area contributed by atoms with Crippen molar-refractivity contribution in [3.05, 3.63) is 55.6 Å². The third kappa shape index (κ3) is 3.10. The monoisotopic (exact) mass is 372 g/mol. The van der Waals surface area contributed by atoms with Crippen molar-refractivity contribution in [2.45, 2.75) is 34.8 Å². The highest BCUT2D eigenvalue weighted by atomic mass is 32.2. The summed E-state index contributed by atoms with van der Waals surface area (Å²) in [5, 5.41) is 41.0. The van der Waals surface area contributed by atoms with Crippen molar-refractivity contribution in [3.8, 4) is 0 Å². The van der Waals surface area contributed by atoms with Gasteiger partial charge in [-0.15, -0.1) is 23.5 Å². The molecule has 0 aliphatic carbocycles. The zero-order valence-corrected chi connectivity index (χ0v) is 14.1. The van der Waals surface area contributed by atoms with Gasteiger partial charge >= 0.3 is 0 Å². The van der Waals surface area contributed by atoms with E-state index in [1.54, 1.807) is 24.3 Å². The fourth-order valence-electron chi connectivity index (χ4n) is 3.17. The molecule has 0 aromatic heterocycles. The van der Waals surface area contributed by atoms with Gasteiger partial charge in [-0.2, -0.15) is 0 Å². The van der Waals surface area contributed by atoms with Crippen LogP contribution in [0, 0.1) is 20.2 Å². The van der Waals surface area contributed by atoms with Gasteiger partial charge in [-0.1, -0.05) is 24.3 Å². The zero-order valence-electron chi connectivity index (χ0n) is 12.4. The fraction of sp³-hybridized carbons (Fsp3) is 0.571. The molecule has 0 spiro atoms. The topological polar surface area (TPSA) is 127 Å². The molecule has 8 nitrogen and oxygen atoms in total. The molecule has 0 bridgehead atoms. The van der Waals surface area contributed by atoms with Crippen LogP contribution in [0.3, 0.4) is 0 Å². The highest BCUT2D eigenvalue weighted by Crippen LogP contribution is 2.44. The van der Waals surface area contributed by atoms with Crippen LogP contribution >= 0.6 is 23.5 Å². The molecule has 1 aromatic rings. The lowest BCUT2D eigenvalue weighted by Gasteiger charge is -2.17. The molecular weight excluding hydrogens is 356 g/mol. The highest BCUT2D eigenvalue weighted by molar-refractivity contribution is 8.00. The van der Waals surface area contributed by atoms with Crippen LogP contribution in [0.2, 0.25) is 0 Å². The number of hydrogen-bond donors (Lipinski definition) is 2. The van der Waals surface area contributed by atoms with Crippen molar-refractivity contribution in [1.29, 1.82) is 0 Å². The Morgan fingerprint density at radius 1 is 0.833 bits per heavy atom. The number of hydrogen-bond acceptors (Lipinski definition) is 8. The number of benzene rings is 1. The predicted molar refractivity (Wildman–Crippen MR) is 90.4 cm³/mol. The summed E-state index contributed by atoms with van der Waals surface area (Å²) in [5.41, 5.74) is 1.45. The van der Waals surface area contributed by atoms with Crippen LogP contribution in [-0.2, 0) is 0 Å². The second-order valence-corrected chi connectivity index (χ2v) is 8.21. The zero-order chi connectivity index (χ0) is 17.4. The first-order chi connectivity index (χ1) is 11.4. The smallest absolute Gasteiger partial charge is 0.255 e. The second kappa shape index (κ2) is 6.87. The summed E-state index contributed by atoms with van der Waals surface area (Å²) in [6.07, 6.45) is -1.96. The maximum atomic E-state index is 11.2. The van der Waals surface area contributed by atoms with Gasteiger partial charge in [0, 0.05) is 21.4 Å². The number of nitro groups is 2. The van der Waals surface area contributed by atoms with E-state index in [0.717, 1.165) is 11.1 Å². The predicted octanol–water partition coefficient (Wildman–Crippen LogP) is 1.27. The Morgan fingerprint density at radius 2 is 1.17 bits per heavy atom. The molecule has 2 fully saturated rings. The first kappa shape index (κ1) is 17.5. The van der Waals surface area contributed by atoms with Crippen LogP contribution < -0.4 is 0 Å². The van der Waals surface area contributed by atoms with Crippen molar-refractivity contribution in [3.63, 3.8) is 0 Å². The van der Waals surface area contributed by atoms with Gasteiger partial charge in [-0.3, -0.25) is 20.2 Å². The first-order valence-electron chi connectivity index (χ1n) is 7.36. The SMILES string of the molecule is O=[N+]([O-])[C@@H]1[C@@H](c2ccc([C@@H]3SC[C@@H](O)[C@H]3[N+](=O)[O-])cc2)SC[C@@H]1O. The summed E-state index contributed by atoms with van der Waals surface area (Å²) >= 11 is 2.68. The van der Waals surface area contributed by atoms with Crippen molar-refractivity contribution in [2.75, 3.05) is 11.5 Å². The Kier molecular flexibility index (Phi) is 5.00. The lowest BCUT2D eigenvalue weighted by molar-refractivity contribution is -0.531. The first-order valence-corrected chi connectivity index (χ1v) is 9.46. The lowest BCUT2D eigenvalue weighted by Crippen LogP contribution is -2.34. The second-order valence-electron chi connectivity index (χ2n) is 5.86. The Labute approximate surface area is 145 Å². The van der Waals surface area contributed by atoms with Gasteiger partial charge in [0.1, 0.15) is 12.2 Å². The molecule has 3 rings (SSSR count). The van der Waals surface area contributed by atoms with Gasteiger partial charge in [0.05, 0.1) is 10.5 Å². The van der Waals surface area contributed by atoms with Crippen molar-refractivity contribution in [1.82, 2.24) is 0 Å². The third-order valence-electron chi connectivity index (χ3n) is 4.38. The minimum absolute atomic E-state index is 0.312. The molecule has 0 radical (unpaired) electrons. The van der Waals surface area contributed by atoms with E-state index in [9.17, 15) is 30.4 Å². The fourth-order valence-corrected chi connectivity index (χ4v) is 6.03. The van der Waals surface area contributed by atoms with E-state index >= 15 is 0 Å². The summed E-state index contributed by atoms with van der Waals surface area (Å²) in [4.78, 5) is 21.4. The van der Waals surface area contributed by atoms with E-state index < -0.39 is 44.6 Å². The Morgan fingerprint density at radius 3 is 1.46 bits per heavy atom. The summed E-state index contributed by atoms with van der Waals surface area (Å²) in [7, 11) is 0. The minimum atomic E-state index is -1.05. The van der Waals surface area contributed by atoms with Crippen molar-refractivity contribution in [2.24, 2.45) is 0 Å². The maximum Gasteiger partial charge on any atom is 0.255 e. The standard InChI is InChI=1S/C14H16N2O6S2/c17-9-5-23-13(11(9)15(19)20)7-1-2-8(4-3-7)14-12(16(21)22)10(18)6-24-14/h1-4,9-14,17-18H,5-6H2/t9-,10+,11-,12+,13+,14-. The largest absolute Gasteiger partial charge is 0.385 e. The van der Waals surface area contributed by atoms with Gasteiger partial charge in [0.25, 0.3) is 12.1 Å². The third-order valence-corrected chi connectivity index (χ3v) is 7.27. The number of aliphatic hydroxyl groups excluding tert-OH is 2. The molecule has 2 aliphatic rings. The lowest BCUT2D eigenvalue weighted by atomic mass is 9.98. The average molecular weight is 372 g/mol. The van der Waals surface area contributed by atoms with E-state index in [1.165, 1.54) is 23.5 Å². The summed E-state index contributed by atoms with van der Waals surface area (Å²) in [5.74, 6) is 0.623. The molecule has 2 heterocycles. The normalized spacial score (nSPS) is 35.9. The maximum absolute atomic E-state index is 11.2. The molecule has 2 saturated heterocycles. The molecule has 0 saturated carbocycles. The van der Waals surface area contributed by atoms with E-state index in [1.807, 2.05) is 0 Å². The number of nitrogens with zero attached hydrogens (tertiary/aromatic N) is 2. The number of aliphatic hydroxyl groups is 2. The summed E-state index contributed by atoms with van der Waals surface area (Å²) in [6, 6.07) is 4.81. The van der Waals surface area contributed by atoms with E-state index in [2.05, 4.69) is 0 Å². The molecule has 6 atom stereocenters. The van der Waals surface area contributed by atoms with Crippen LogP contribution in [0.1, 0.15) is 21.6 Å². The van der Waals surface area contributed by atoms with Crippen molar-refractivity contribution >= 4 is 23.5 Å². The molecule has 0 amide bonds. The van der Waals surface area contributed by atoms with Crippen LogP contribution in [0.4, 0.5) is 0 Å². The molecule has 0 unspecified atom stereocenters. The Balaban J connectivity index is 1.81. The molecule has 1 aromatic carbocycles. The van der Waals surface area contributed by atoms with Gasteiger partial charge in [0.15, 0.2) is 0 Å². The van der Waals surface area contributed by atoms with Crippen LogP contribution in [-0.4, -0.2) is 55.9 Å². The minimum Gasteiger partial charge on any atom is -0.385 e. The van der Waals surface area contributed by atoms with E-state index in [4.69, 9.17) is 0 Å². The molecule has 24 heavy (non-hydrogen) atoms. The highest BCUT2D eigenvalue weighted by Gasteiger charge is 2.47. The molecule has 10 heteroatoms. The summed E-state index contributed by atoms with van der Waals surface area (Å²) < 4.78 is 0. The van der Waals surface area contributed by atoms with Gasteiger partial charge in [-0.05, 0) is 11.1 Å². The van der Waals surface area contributed by atoms with E-state index in [0.29, 0.717) is 11.5 Å². The molecular formula is C14H16N2O6S2. The van der Waals surface area contributed by atoms with Crippen LogP contribution in [0.5, 0.6) is 0 Å². The molecule has 2 aliphatic heterocycles. The molecule has 2 N–H and O–H groups in total. The van der Waals surface area contributed by atoms with Gasteiger partial charge < -0.3 is 10.2 Å². The average Bonchev–Trinajstić information content (AvgIpc) is 3.10. The van der Waals surface area contributed by atoms with Crippen molar-refractivity contribution < 1.29 is 20.1 Å². The van der Waals surface area contributed by atoms with Crippen LogP contribution in [0.25, 0.3) is 0 Å². The Hall–Kier alpha value is -1.36. The summed E-state index contributed by atoms with van der Waals surface area (Å²) in [6.45, 7) is 0. The van der Waals surface area contributed by atoms with Gasteiger partial charge in [-0.25, -0.2) is 0 Å².